The van der Waals surface area contributed by atoms with Crippen molar-refractivity contribution in [2.45, 2.75) is 49.0 Å². The first kappa shape index (κ1) is 23.5. The second kappa shape index (κ2) is 9.20. The molecule has 5 nitrogen and oxygen atoms in total. The number of rotatable bonds is 4. The van der Waals surface area contributed by atoms with Crippen LogP contribution in [0.3, 0.4) is 0 Å². The molecule has 2 fully saturated rings. The number of amides is 1. The van der Waals surface area contributed by atoms with Crippen molar-refractivity contribution in [3.8, 4) is 0 Å². The normalized spacial score (nSPS) is 29.8. The average Bonchev–Trinajstić information content (AvgIpc) is 3.35. The molecule has 2 saturated heterocycles. The number of benzene rings is 2. The van der Waals surface area contributed by atoms with E-state index in [0.29, 0.717) is 12.5 Å². The third-order valence-electron chi connectivity index (χ3n) is 9.20. The molecular formula is C30H32ClN3O2. The van der Waals surface area contributed by atoms with E-state index in [1.807, 2.05) is 6.07 Å². The van der Waals surface area contributed by atoms with Crippen molar-refractivity contribution in [2.75, 3.05) is 19.6 Å². The average molecular weight is 502 g/mol. The predicted molar refractivity (Wildman–Crippen MR) is 141 cm³/mol. The van der Waals surface area contributed by atoms with Crippen LogP contribution in [0.25, 0.3) is 0 Å². The van der Waals surface area contributed by atoms with Gasteiger partial charge in [0.25, 0.3) is 5.15 Å². The lowest BCUT2D eigenvalue weighted by Gasteiger charge is -2.56. The minimum atomic E-state index is -0.493. The fourth-order valence-electron chi connectivity index (χ4n) is 7.68. The van der Waals surface area contributed by atoms with Crippen LogP contribution in [-0.2, 0) is 22.2 Å². The van der Waals surface area contributed by atoms with Gasteiger partial charge in [0.05, 0.1) is 5.54 Å². The van der Waals surface area contributed by atoms with Crippen LogP contribution in [0, 0.1) is 11.1 Å². The number of aromatic nitrogens is 1. The number of piperidine rings is 1. The molecule has 4 atom stereocenters. The third kappa shape index (κ3) is 3.47. The summed E-state index contributed by atoms with van der Waals surface area (Å²) in [5.41, 5.74) is 3.66. The predicted octanol–water partition coefficient (Wildman–Crippen LogP) is 4.70. The molecule has 1 aliphatic carbocycles. The van der Waals surface area contributed by atoms with Gasteiger partial charge in [-0.15, -0.1) is 0 Å². The van der Waals surface area contributed by atoms with Crippen molar-refractivity contribution in [3.05, 3.63) is 106 Å². The Hall–Kier alpha value is -2.89. The molecule has 186 valence electrons. The monoisotopic (exact) mass is 501 g/mol. The Labute approximate surface area is 217 Å². The molecule has 3 aromatic rings. The highest BCUT2D eigenvalue weighted by Gasteiger charge is 2.60. The molecule has 36 heavy (non-hydrogen) atoms. The second-order valence-corrected chi connectivity index (χ2v) is 11.1. The van der Waals surface area contributed by atoms with Gasteiger partial charge in [-0.2, -0.15) is 4.73 Å². The molecule has 0 bridgehead atoms. The first-order valence-corrected chi connectivity index (χ1v) is 13.4. The van der Waals surface area contributed by atoms with Gasteiger partial charge in [0, 0.05) is 49.0 Å². The zero-order chi connectivity index (χ0) is 24.8. The fraction of sp³-hybridized carbons (Fsp3) is 0.400. The Morgan fingerprint density at radius 3 is 2.56 bits per heavy atom. The van der Waals surface area contributed by atoms with E-state index >= 15 is 0 Å². The molecule has 1 spiro atoms. The SMILES string of the molecule is O=CN1CC[C@H](c2ccccc2)C[C@]1(c1ccccc1)[C@@H]1CNC[C@]12CCCc1c2ccc(Cl)[n+]1[O-]. The zero-order valence-corrected chi connectivity index (χ0v) is 21.2. The fourth-order valence-corrected chi connectivity index (χ4v) is 7.84. The van der Waals surface area contributed by atoms with E-state index in [4.69, 9.17) is 11.6 Å². The Morgan fingerprint density at radius 1 is 1.06 bits per heavy atom. The molecule has 3 heterocycles. The molecule has 3 aliphatic rings. The van der Waals surface area contributed by atoms with Crippen LogP contribution in [0.2, 0.25) is 5.15 Å². The van der Waals surface area contributed by atoms with Crippen molar-refractivity contribution < 1.29 is 9.52 Å². The van der Waals surface area contributed by atoms with Crippen molar-refractivity contribution >= 4 is 18.0 Å². The molecular weight excluding hydrogens is 470 g/mol. The van der Waals surface area contributed by atoms with Crippen LogP contribution >= 0.6 is 11.6 Å². The Balaban J connectivity index is 1.56. The van der Waals surface area contributed by atoms with Gasteiger partial charge in [-0.3, -0.25) is 4.79 Å². The number of likely N-dealkylation sites (tertiary alicyclic amines) is 1. The van der Waals surface area contributed by atoms with E-state index in [-0.39, 0.29) is 16.5 Å². The number of carbonyl (C=O) groups excluding carboxylic acids is 1. The van der Waals surface area contributed by atoms with Crippen LogP contribution in [0.4, 0.5) is 0 Å². The number of pyridine rings is 1. The molecule has 1 aromatic heterocycles. The summed E-state index contributed by atoms with van der Waals surface area (Å²) >= 11 is 6.26. The van der Waals surface area contributed by atoms with Gasteiger partial charge >= 0.3 is 0 Å². The summed E-state index contributed by atoms with van der Waals surface area (Å²) in [6.45, 7) is 2.30. The molecule has 1 N–H and O–H groups in total. The van der Waals surface area contributed by atoms with Crippen LogP contribution in [-0.4, -0.2) is 30.9 Å². The van der Waals surface area contributed by atoms with Crippen molar-refractivity contribution in [1.29, 1.82) is 0 Å². The number of fused-ring (bicyclic) bond motifs is 2. The Bertz CT molecular complexity index is 1250. The molecule has 1 amide bonds. The van der Waals surface area contributed by atoms with E-state index < -0.39 is 5.54 Å². The van der Waals surface area contributed by atoms with E-state index in [1.165, 1.54) is 11.1 Å². The summed E-state index contributed by atoms with van der Waals surface area (Å²) in [6, 6.07) is 25.1. The summed E-state index contributed by atoms with van der Waals surface area (Å²) in [4.78, 5) is 14.9. The Kier molecular flexibility index (Phi) is 6.01. The van der Waals surface area contributed by atoms with E-state index in [2.05, 4.69) is 70.9 Å². The lowest BCUT2D eigenvalue weighted by Crippen LogP contribution is -2.61. The van der Waals surface area contributed by atoms with Crippen LogP contribution in [0.5, 0.6) is 0 Å². The van der Waals surface area contributed by atoms with Gasteiger partial charge in [-0.1, -0.05) is 60.7 Å². The van der Waals surface area contributed by atoms with Crippen molar-refractivity contribution in [2.24, 2.45) is 5.92 Å². The van der Waals surface area contributed by atoms with Crippen LogP contribution < -0.4 is 10.0 Å². The van der Waals surface area contributed by atoms with E-state index in [0.717, 1.165) is 67.6 Å². The summed E-state index contributed by atoms with van der Waals surface area (Å²) in [7, 11) is 0. The summed E-state index contributed by atoms with van der Waals surface area (Å²) in [5.74, 6) is 0.460. The van der Waals surface area contributed by atoms with Crippen molar-refractivity contribution in [1.82, 2.24) is 10.2 Å². The molecule has 6 heteroatoms. The minimum absolute atomic E-state index is 0.115. The molecule has 2 aromatic carbocycles. The topological polar surface area (TPSA) is 59.3 Å². The highest BCUT2D eigenvalue weighted by atomic mass is 35.5. The van der Waals surface area contributed by atoms with Gasteiger partial charge in [-0.25, -0.2) is 0 Å². The molecule has 0 saturated carbocycles. The highest BCUT2D eigenvalue weighted by Crippen LogP contribution is 2.57. The van der Waals surface area contributed by atoms with E-state index in [1.54, 1.807) is 6.07 Å². The maximum atomic E-state index is 13.0. The smallest absolute Gasteiger partial charge is 0.286 e. The van der Waals surface area contributed by atoms with Gasteiger partial charge in [0.1, 0.15) is 0 Å². The maximum Gasteiger partial charge on any atom is 0.286 e. The number of nitrogens with zero attached hydrogens (tertiary/aromatic N) is 2. The van der Waals surface area contributed by atoms with E-state index in [9.17, 15) is 10.0 Å². The summed E-state index contributed by atoms with van der Waals surface area (Å²) < 4.78 is 0.924. The lowest BCUT2D eigenvalue weighted by molar-refractivity contribution is -0.613. The van der Waals surface area contributed by atoms with Gasteiger partial charge in [-0.05, 0) is 60.4 Å². The number of halogens is 1. The van der Waals surface area contributed by atoms with Crippen LogP contribution in [0.15, 0.2) is 72.8 Å². The minimum Gasteiger partial charge on any atom is -0.617 e. The quantitative estimate of drug-likeness (QED) is 0.244. The second-order valence-electron chi connectivity index (χ2n) is 10.7. The zero-order valence-electron chi connectivity index (χ0n) is 20.4. The maximum absolute atomic E-state index is 13.0. The Morgan fingerprint density at radius 2 is 1.81 bits per heavy atom. The number of carbonyl (C=O) groups is 1. The van der Waals surface area contributed by atoms with Gasteiger partial charge in [0.2, 0.25) is 6.41 Å². The molecule has 2 aliphatic heterocycles. The largest absolute Gasteiger partial charge is 0.617 e. The summed E-state index contributed by atoms with van der Waals surface area (Å²) in [5, 5.41) is 17.0. The van der Waals surface area contributed by atoms with Crippen LogP contribution in [0.1, 0.15) is 54.0 Å². The number of hydrogen-bond acceptors (Lipinski definition) is 3. The summed E-state index contributed by atoms with van der Waals surface area (Å²) in [6.07, 6.45) is 5.51. The number of hydrogen-bond donors (Lipinski definition) is 1. The standard InChI is InChI=1S/C30H32ClN3O2/c31-28-14-13-25-26(34(28)36)12-7-16-29(25)20-32-19-27(29)30(24-10-5-2-6-11-24)18-23(15-17-33(30)21-35)22-8-3-1-4-9-22/h1-6,8-11,13-14,21,23,27,32H,7,12,15-20H2/t23-,27+,29-,30-/m0/s1. The number of nitrogens with one attached hydrogen (secondary N) is 1. The molecule has 6 rings (SSSR count). The first-order chi connectivity index (χ1) is 17.6. The lowest BCUT2D eigenvalue weighted by atomic mass is 9.55. The third-order valence-corrected chi connectivity index (χ3v) is 9.48. The molecule has 0 unspecified atom stereocenters. The first-order valence-electron chi connectivity index (χ1n) is 13.0. The van der Waals surface area contributed by atoms with Gasteiger partial charge < -0.3 is 15.4 Å². The molecule has 0 radical (unpaired) electrons. The van der Waals surface area contributed by atoms with Crippen molar-refractivity contribution in [3.63, 3.8) is 0 Å². The highest BCUT2D eigenvalue weighted by molar-refractivity contribution is 6.28. The van der Waals surface area contributed by atoms with Gasteiger partial charge in [0.15, 0.2) is 5.69 Å².